The van der Waals surface area contributed by atoms with Gasteiger partial charge in [0.1, 0.15) is 12.7 Å². The molecular weight excluding hydrogens is 252 g/mol. The fourth-order valence-electron chi connectivity index (χ4n) is 1.84. The summed E-state index contributed by atoms with van der Waals surface area (Å²) in [6, 6.07) is 8.38. The quantitative estimate of drug-likeness (QED) is 0.843. The molecule has 0 radical (unpaired) electrons. The van der Waals surface area contributed by atoms with E-state index in [2.05, 4.69) is 53.5 Å². The van der Waals surface area contributed by atoms with Crippen LogP contribution in [0.5, 0.6) is 0 Å². The molecule has 1 aromatic carbocycles. The Hall–Kier alpha value is -1.88. The number of aromatic nitrogens is 3. The number of nitrogens with zero attached hydrogens (tertiary/aromatic N) is 3. The molecule has 5 heteroatoms. The Balaban J connectivity index is 1.82. The van der Waals surface area contributed by atoms with E-state index in [1.54, 1.807) is 19.8 Å². The predicted molar refractivity (Wildman–Crippen MR) is 79.8 cm³/mol. The Morgan fingerprint density at radius 2 is 2.00 bits per heavy atom. The van der Waals surface area contributed by atoms with E-state index in [0.717, 1.165) is 25.2 Å². The lowest BCUT2D eigenvalue weighted by molar-refractivity contribution is 0.0185. The van der Waals surface area contributed by atoms with Gasteiger partial charge in [0.25, 0.3) is 0 Å². The van der Waals surface area contributed by atoms with Crippen LogP contribution in [0.4, 0.5) is 5.69 Å². The molecule has 20 heavy (non-hydrogen) atoms. The number of nitrogens with one attached hydrogen (secondary N) is 1. The van der Waals surface area contributed by atoms with E-state index in [4.69, 9.17) is 4.74 Å². The average Bonchev–Trinajstić information content (AvgIpc) is 2.94. The third kappa shape index (κ3) is 4.35. The molecule has 1 N–H and O–H groups in total. The first-order chi connectivity index (χ1) is 9.59. The summed E-state index contributed by atoms with van der Waals surface area (Å²) < 4.78 is 7.21. The van der Waals surface area contributed by atoms with Gasteiger partial charge in [-0.15, -0.1) is 0 Å². The maximum Gasteiger partial charge on any atom is 0.137 e. The fourth-order valence-corrected chi connectivity index (χ4v) is 1.84. The van der Waals surface area contributed by atoms with E-state index in [9.17, 15) is 0 Å². The van der Waals surface area contributed by atoms with E-state index in [-0.39, 0.29) is 5.60 Å². The first kappa shape index (κ1) is 14.5. The molecule has 2 aromatic rings. The van der Waals surface area contributed by atoms with Gasteiger partial charge in [-0.1, -0.05) is 12.1 Å². The summed E-state index contributed by atoms with van der Waals surface area (Å²) in [5.41, 5.74) is 2.25. The molecule has 0 atom stereocenters. The third-order valence-electron chi connectivity index (χ3n) is 3.37. The van der Waals surface area contributed by atoms with Crippen molar-refractivity contribution in [1.29, 1.82) is 0 Å². The van der Waals surface area contributed by atoms with Gasteiger partial charge in [-0.05, 0) is 38.0 Å². The number of methoxy groups -OCH3 is 1. The van der Waals surface area contributed by atoms with Crippen molar-refractivity contribution in [3.63, 3.8) is 0 Å². The van der Waals surface area contributed by atoms with Crippen molar-refractivity contribution in [2.75, 3.05) is 19.0 Å². The van der Waals surface area contributed by atoms with Crippen LogP contribution in [0.25, 0.3) is 0 Å². The van der Waals surface area contributed by atoms with E-state index >= 15 is 0 Å². The Bertz CT molecular complexity index is 505. The third-order valence-corrected chi connectivity index (χ3v) is 3.37. The molecule has 0 aliphatic rings. The minimum Gasteiger partial charge on any atom is -0.385 e. The summed E-state index contributed by atoms with van der Waals surface area (Å²) in [6.45, 7) is 5.83. The van der Waals surface area contributed by atoms with Gasteiger partial charge in [0.2, 0.25) is 0 Å². The Kier molecular flexibility index (Phi) is 4.74. The SMILES string of the molecule is COC(C)(C)CCNc1ccc(Cn2cncn2)cc1. The summed E-state index contributed by atoms with van der Waals surface area (Å²) in [4.78, 5) is 3.94. The molecule has 5 nitrogen and oxygen atoms in total. The van der Waals surface area contributed by atoms with E-state index in [1.807, 2.05) is 4.68 Å². The molecule has 0 fully saturated rings. The lowest BCUT2D eigenvalue weighted by Crippen LogP contribution is -2.25. The van der Waals surface area contributed by atoms with Crippen molar-refractivity contribution in [2.45, 2.75) is 32.4 Å². The van der Waals surface area contributed by atoms with Crippen molar-refractivity contribution in [3.05, 3.63) is 42.5 Å². The van der Waals surface area contributed by atoms with Crippen LogP contribution < -0.4 is 5.32 Å². The first-order valence-electron chi connectivity index (χ1n) is 6.79. The van der Waals surface area contributed by atoms with Gasteiger partial charge < -0.3 is 10.1 Å². The summed E-state index contributed by atoms with van der Waals surface area (Å²) >= 11 is 0. The second-order valence-electron chi connectivity index (χ2n) is 5.43. The van der Waals surface area contributed by atoms with Gasteiger partial charge in [-0.2, -0.15) is 5.10 Å². The normalized spacial score (nSPS) is 11.6. The summed E-state index contributed by atoms with van der Waals surface area (Å²) in [6.07, 6.45) is 4.23. The number of ether oxygens (including phenoxy) is 1. The van der Waals surface area contributed by atoms with Crippen molar-refractivity contribution >= 4 is 5.69 Å². The number of hydrogen-bond acceptors (Lipinski definition) is 4. The molecule has 0 amide bonds. The minimum atomic E-state index is -0.0833. The highest BCUT2D eigenvalue weighted by molar-refractivity contribution is 5.44. The van der Waals surface area contributed by atoms with Crippen LogP contribution >= 0.6 is 0 Å². The van der Waals surface area contributed by atoms with Crippen LogP contribution in [0.15, 0.2) is 36.9 Å². The highest BCUT2D eigenvalue weighted by Crippen LogP contribution is 2.15. The molecule has 1 heterocycles. The van der Waals surface area contributed by atoms with Gasteiger partial charge >= 0.3 is 0 Å². The molecule has 0 aliphatic heterocycles. The lowest BCUT2D eigenvalue weighted by atomic mass is 10.1. The van der Waals surface area contributed by atoms with E-state index in [0.29, 0.717) is 0 Å². The molecule has 2 rings (SSSR count). The van der Waals surface area contributed by atoms with Crippen LogP contribution in [-0.2, 0) is 11.3 Å². The van der Waals surface area contributed by atoms with Gasteiger partial charge in [-0.3, -0.25) is 0 Å². The molecular formula is C15H22N4O. The number of rotatable bonds is 7. The summed E-state index contributed by atoms with van der Waals surface area (Å²) in [7, 11) is 1.75. The van der Waals surface area contributed by atoms with Gasteiger partial charge in [-0.25, -0.2) is 9.67 Å². The van der Waals surface area contributed by atoms with Gasteiger partial charge in [0.15, 0.2) is 0 Å². The van der Waals surface area contributed by atoms with Gasteiger partial charge in [0, 0.05) is 19.3 Å². The van der Waals surface area contributed by atoms with Crippen LogP contribution in [-0.4, -0.2) is 34.0 Å². The maximum atomic E-state index is 5.40. The Morgan fingerprint density at radius 3 is 2.60 bits per heavy atom. The van der Waals surface area contributed by atoms with Crippen molar-refractivity contribution in [2.24, 2.45) is 0 Å². The zero-order valence-electron chi connectivity index (χ0n) is 12.3. The van der Waals surface area contributed by atoms with Crippen LogP contribution in [0.3, 0.4) is 0 Å². The summed E-state index contributed by atoms with van der Waals surface area (Å²) in [5, 5.41) is 7.50. The van der Waals surface area contributed by atoms with Crippen molar-refractivity contribution < 1.29 is 4.74 Å². The smallest absolute Gasteiger partial charge is 0.137 e. The maximum absolute atomic E-state index is 5.40. The molecule has 0 aliphatic carbocycles. The number of benzene rings is 1. The second-order valence-corrected chi connectivity index (χ2v) is 5.43. The minimum absolute atomic E-state index is 0.0833. The topological polar surface area (TPSA) is 52.0 Å². The highest BCUT2D eigenvalue weighted by atomic mass is 16.5. The highest BCUT2D eigenvalue weighted by Gasteiger charge is 2.14. The van der Waals surface area contributed by atoms with Crippen LogP contribution in [0.1, 0.15) is 25.8 Å². The number of anilines is 1. The monoisotopic (exact) mass is 274 g/mol. The van der Waals surface area contributed by atoms with Crippen molar-refractivity contribution in [1.82, 2.24) is 14.8 Å². The van der Waals surface area contributed by atoms with Crippen molar-refractivity contribution in [3.8, 4) is 0 Å². The predicted octanol–water partition coefficient (Wildman–Crippen LogP) is 2.55. The lowest BCUT2D eigenvalue weighted by Gasteiger charge is -2.23. The molecule has 0 saturated heterocycles. The van der Waals surface area contributed by atoms with Gasteiger partial charge in [0.05, 0.1) is 12.1 Å². The fraction of sp³-hybridized carbons (Fsp3) is 0.467. The molecule has 108 valence electrons. The second kappa shape index (κ2) is 6.52. The number of hydrogen-bond donors (Lipinski definition) is 1. The Morgan fingerprint density at radius 1 is 1.25 bits per heavy atom. The van der Waals surface area contributed by atoms with Crippen LogP contribution in [0, 0.1) is 0 Å². The first-order valence-corrected chi connectivity index (χ1v) is 6.79. The van der Waals surface area contributed by atoms with E-state index < -0.39 is 0 Å². The zero-order valence-corrected chi connectivity index (χ0v) is 12.3. The molecule has 0 bridgehead atoms. The Labute approximate surface area is 120 Å². The zero-order chi connectivity index (χ0) is 14.4. The molecule has 0 saturated carbocycles. The molecule has 1 aromatic heterocycles. The molecule has 0 unspecified atom stereocenters. The standard InChI is InChI=1S/C15H22N4O/c1-15(2,20-3)8-9-17-14-6-4-13(5-7-14)10-19-12-16-11-18-19/h4-7,11-12,17H,8-10H2,1-3H3. The summed E-state index contributed by atoms with van der Waals surface area (Å²) in [5.74, 6) is 0. The largest absolute Gasteiger partial charge is 0.385 e. The van der Waals surface area contributed by atoms with E-state index in [1.165, 1.54) is 5.56 Å². The molecule has 0 spiro atoms. The van der Waals surface area contributed by atoms with Crippen LogP contribution in [0.2, 0.25) is 0 Å². The average molecular weight is 274 g/mol.